The van der Waals surface area contributed by atoms with Crippen molar-refractivity contribution in [3.63, 3.8) is 0 Å². The smallest absolute Gasteiger partial charge is 0.138 e. The van der Waals surface area contributed by atoms with Crippen LogP contribution in [0.3, 0.4) is 0 Å². The van der Waals surface area contributed by atoms with Crippen LogP contribution in [0.5, 0.6) is 0 Å². The zero-order valence-corrected chi connectivity index (χ0v) is 17.4. The number of Topliss-reactive ketones (excluding diaryl/α,β-unsaturated/α-hetero) is 1. The van der Waals surface area contributed by atoms with E-state index >= 15 is 0 Å². The van der Waals surface area contributed by atoms with Crippen LogP contribution < -0.4 is 0 Å². The molecule has 0 amide bonds. The van der Waals surface area contributed by atoms with E-state index in [0.29, 0.717) is 5.02 Å². The van der Waals surface area contributed by atoms with Crippen molar-refractivity contribution in [1.82, 2.24) is 9.80 Å². The molecule has 0 saturated carbocycles. The normalized spacial score (nSPS) is 15.9. The van der Waals surface area contributed by atoms with E-state index in [-0.39, 0.29) is 11.7 Å². The molecule has 1 fully saturated rings. The molecule has 1 aliphatic rings. The second kappa shape index (κ2) is 10.6. The number of halogens is 1. The molecule has 1 aromatic rings. The van der Waals surface area contributed by atoms with Gasteiger partial charge in [0.05, 0.1) is 5.92 Å². The lowest BCUT2D eigenvalue weighted by molar-refractivity contribution is -0.119. The second-order valence-electron chi connectivity index (χ2n) is 6.59. The van der Waals surface area contributed by atoms with Crippen LogP contribution in [0.15, 0.2) is 35.5 Å². The van der Waals surface area contributed by atoms with Gasteiger partial charge in [0.2, 0.25) is 0 Å². The highest BCUT2D eigenvalue weighted by Gasteiger charge is 2.24. The van der Waals surface area contributed by atoms with Gasteiger partial charge in [-0.3, -0.25) is 9.69 Å². The molecular weight excluding hydrogens is 332 g/mol. The largest absolute Gasteiger partial charge is 0.373 e. The Labute approximate surface area is 158 Å². The minimum Gasteiger partial charge on any atom is -0.373 e. The molecule has 0 bridgehead atoms. The Morgan fingerprint density at radius 3 is 1.96 bits per heavy atom. The molecule has 25 heavy (non-hydrogen) atoms. The lowest BCUT2D eigenvalue weighted by atomic mass is 9.94. The molecule has 0 N–H and O–H groups in total. The number of benzene rings is 1. The SMILES string of the molecule is CC.CC(=O)C(CN1CCN(C(C)=C(C)C)CC1)c1ccc(Cl)cc1. The van der Waals surface area contributed by atoms with Crippen molar-refractivity contribution < 1.29 is 4.79 Å². The summed E-state index contributed by atoms with van der Waals surface area (Å²) >= 11 is 5.95. The minimum atomic E-state index is -0.0663. The lowest BCUT2D eigenvalue weighted by Gasteiger charge is -2.38. The summed E-state index contributed by atoms with van der Waals surface area (Å²) in [5.41, 5.74) is 3.82. The van der Waals surface area contributed by atoms with E-state index in [1.807, 2.05) is 38.1 Å². The van der Waals surface area contributed by atoms with Crippen LogP contribution in [0.2, 0.25) is 5.02 Å². The maximum atomic E-state index is 12.1. The number of hydrogen-bond acceptors (Lipinski definition) is 3. The van der Waals surface area contributed by atoms with E-state index in [1.165, 1.54) is 11.3 Å². The Morgan fingerprint density at radius 2 is 1.52 bits per heavy atom. The number of ketones is 1. The summed E-state index contributed by atoms with van der Waals surface area (Å²) in [5, 5.41) is 0.710. The summed E-state index contributed by atoms with van der Waals surface area (Å²) in [7, 11) is 0. The van der Waals surface area contributed by atoms with Gasteiger partial charge in [-0.25, -0.2) is 0 Å². The first-order valence-electron chi connectivity index (χ1n) is 9.25. The predicted molar refractivity (Wildman–Crippen MR) is 108 cm³/mol. The van der Waals surface area contributed by atoms with Gasteiger partial charge in [-0.2, -0.15) is 0 Å². The van der Waals surface area contributed by atoms with E-state index in [1.54, 1.807) is 6.92 Å². The highest BCUT2D eigenvalue weighted by molar-refractivity contribution is 6.30. The fourth-order valence-electron chi connectivity index (χ4n) is 3.00. The van der Waals surface area contributed by atoms with E-state index in [0.717, 1.165) is 38.3 Å². The third-order valence-corrected chi connectivity index (χ3v) is 5.03. The minimum absolute atomic E-state index is 0.0663. The lowest BCUT2D eigenvalue weighted by Crippen LogP contribution is -2.47. The van der Waals surface area contributed by atoms with E-state index in [9.17, 15) is 4.79 Å². The average Bonchev–Trinajstić information content (AvgIpc) is 2.62. The van der Waals surface area contributed by atoms with Crippen molar-refractivity contribution in [2.75, 3.05) is 32.7 Å². The molecule has 4 heteroatoms. The first-order chi connectivity index (χ1) is 11.9. The first kappa shape index (κ1) is 21.7. The van der Waals surface area contributed by atoms with Crippen LogP contribution in [-0.4, -0.2) is 48.3 Å². The van der Waals surface area contributed by atoms with Crippen molar-refractivity contribution in [1.29, 1.82) is 0 Å². The van der Waals surface area contributed by atoms with E-state index < -0.39 is 0 Å². The zero-order valence-electron chi connectivity index (χ0n) is 16.6. The zero-order chi connectivity index (χ0) is 19.0. The summed E-state index contributed by atoms with van der Waals surface area (Å²) < 4.78 is 0. The Kier molecular flexibility index (Phi) is 9.23. The molecule has 1 saturated heterocycles. The third-order valence-electron chi connectivity index (χ3n) is 4.77. The molecule has 0 spiro atoms. The fraction of sp³-hybridized carbons (Fsp3) is 0.571. The number of allylic oxidation sites excluding steroid dienone is 2. The van der Waals surface area contributed by atoms with Crippen LogP contribution >= 0.6 is 11.6 Å². The number of nitrogens with zero attached hydrogens (tertiary/aromatic N) is 2. The van der Waals surface area contributed by atoms with Crippen molar-refractivity contribution in [3.05, 3.63) is 46.1 Å². The molecule has 1 aliphatic heterocycles. The van der Waals surface area contributed by atoms with Gasteiger partial charge in [0.15, 0.2) is 0 Å². The fourth-order valence-corrected chi connectivity index (χ4v) is 3.13. The van der Waals surface area contributed by atoms with Crippen molar-refractivity contribution in [2.24, 2.45) is 0 Å². The molecule has 0 aliphatic carbocycles. The van der Waals surface area contributed by atoms with Crippen LogP contribution in [0, 0.1) is 0 Å². The summed E-state index contributed by atoms with van der Waals surface area (Å²) in [5.74, 6) is 0.151. The van der Waals surface area contributed by atoms with Crippen LogP contribution in [0.25, 0.3) is 0 Å². The van der Waals surface area contributed by atoms with Gasteiger partial charge in [-0.15, -0.1) is 0 Å². The van der Waals surface area contributed by atoms with Crippen LogP contribution in [-0.2, 0) is 4.79 Å². The third kappa shape index (κ3) is 6.48. The highest BCUT2D eigenvalue weighted by Crippen LogP contribution is 2.22. The number of rotatable bonds is 5. The Morgan fingerprint density at radius 1 is 1.00 bits per heavy atom. The van der Waals surface area contributed by atoms with Gasteiger partial charge in [0, 0.05) is 43.4 Å². The average molecular weight is 365 g/mol. The number of carbonyl (C=O) groups is 1. The Balaban J connectivity index is 0.00000151. The quantitative estimate of drug-likeness (QED) is 0.736. The summed E-state index contributed by atoms with van der Waals surface area (Å²) in [6.45, 7) is 17.1. The number of carbonyl (C=O) groups excluding carboxylic acids is 1. The molecule has 0 radical (unpaired) electrons. The number of piperazine rings is 1. The van der Waals surface area contributed by atoms with Crippen molar-refractivity contribution in [2.45, 2.75) is 47.5 Å². The standard InChI is InChI=1S/C19H27ClN2O.C2H6/c1-14(2)15(3)22-11-9-21(10-12-22)13-19(16(4)23)17-5-7-18(20)8-6-17;1-2/h5-8,19H,9-13H2,1-4H3;1-2H3. The second-order valence-corrected chi connectivity index (χ2v) is 7.02. The molecule has 140 valence electrons. The maximum absolute atomic E-state index is 12.1. The molecule has 2 rings (SSSR count). The first-order valence-corrected chi connectivity index (χ1v) is 9.63. The van der Waals surface area contributed by atoms with Gasteiger partial charge < -0.3 is 4.90 Å². The van der Waals surface area contributed by atoms with E-state index in [2.05, 4.69) is 30.6 Å². The highest BCUT2D eigenvalue weighted by atomic mass is 35.5. The topological polar surface area (TPSA) is 23.6 Å². The monoisotopic (exact) mass is 364 g/mol. The summed E-state index contributed by atoms with van der Waals surface area (Å²) in [6.07, 6.45) is 0. The molecule has 1 heterocycles. The Bertz CT molecular complexity index is 568. The van der Waals surface area contributed by atoms with Crippen LogP contribution in [0.4, 0.5) is 0 Å². The van der Waals surface area contributed by atoms with Gasteiger partial charge in [-0.1, -0.05) is 43.2 Å². The van der Waals surface area contributed by atoms with Gasteiger partial charge >= 0.3 is 0 Å². The molecule has 0 aromatic heterocycles. The molecule has 1 unspecified atom stereocenters. The molecular formula is C21H33ClN2O. The van der Waals surface area contributed by atoms with Gasteiger partial charge in [-0.05, 0) is 45.4 Å². The summed E-state index contributed by atoms with van der Waals surface area (Å²) in [4.78, 5) is 16.9. The molecule has 1 aromatic carbocycles. The maximum Gasteiger partial charge on any atom is 0.138 e. The van der Waals surface area contributed by atoms with Crippen LogP contribution in [0.1, 0.15) is 53.0 Å². The van der Waals surface area contributed by atoms with Crippen molar-refractivity contribution >= 4 is 17.4 Å². The number of hydrogen-bond donors (Lipinski definition) is 0. The predicted octanol–water partition coefficient (Wildman–Crippen LogP) is 4.97. The Hall–Kier alpha value is -1.32. The summed E-state index contributed by atoms with van der Waals surface area (Å²) in [6, 6.07) is 7.67. The molecule has 1 atom stereocenters. The molecule has 3 nitrogen and oxygen atoms in total. The van der Waals surface area contributed by atoms with Gasteiger partial charge in [0.1, 0.15) is 5.78 Å². The van der Waals surface area contributed by atoms with Crippen molar-refractivity contribution in [3.8, 4) is 0 Å². The van der Waals surface area contributed by atoms with E-state index in [4.69, 9.17) is 11.6 Å². The van der Waals surface area contributed by atoms with Gasteiger partial charge in [0.25, 0.3) is 0 Å².